The van der Waals surface area contributed by atoms with E-state index in [2.05, 4.69) is 39.3 Å². The maximum absolute atomic E-state index is 14.9. The molecule has 0 spiro atoms. The molecule has 37 heavy (non-hydrogen) atoms. The van der Waals surface area contributed by atoms with Crippen molar-refractivity contribution in [3.05, 3.63) is 54.0 Å². The largest absolute Gasteiger partial charge is 0.486 e. The maximum Gasteiger partial charge on any atom is 0.227 e. The molecular formula is C27H33F3N6O. The highest BCUT2D eigenvalue weighted by molar-refractivity contribution is 5.73. The first kappa shape index (κ1) is 26.5. The van der Waals surface area contributed by atoms with Crippen LogP contribution in [0.2, 0.25) is 0 Å². The Balaban J connectivity index is 1.54. The predicted octanol–water partition coefficient (Wildman–Crippen LogP) is 5.67. The lowest BCUT2D eigenvalue weighted by Crippen LogP contribution is -2.38. The zero-order valence-electron chi connectivity index (χ0n) is 21.6. The summed E-state index contributed by atoms with van der Waals surface area (Å²) in [6, 6.07) is 7.62. The first-order chi connectivity index (χ1) is 17.8. The van der Waals surface area contributed by atoms with Crippen LogP contribution in [0.15, 0.2) is 36.5 Å². The molecule has 2 aromatic carbocycles. The fraction of sp³-hybridized carbons (Fsp3) is 0.407. The van der Waals surface area contributed by atoms with E-state index in [1.54, 1.807) is 18.2 Å². The fourth-order valence-corrected chi connectivity index (χ4v) is 4.36. The van der Waals surface area contributed by atoms with E-state index in [4.69, 9.17) is 4.74 Å². The van der Waals surface area contributed by atoms with E-state index in [-0.39, 0.29) is 29.0 Å². The van der Waals surface area contributed by atoms with Gasteiger partial charge in [-0.2, -0.15) is 0 Å². The molecule has 3 aromatic rings. The van der Waals surface area contributed by atoms with Gasteiger partial charge in [0.15, 0.2) is 17.4 Å². The van der Waals surface area contributed by atoms with Crippen LogP contribution in [0.3, 0.4) is 0 Å². The van der Waals surface area contributed by atoms with E-state index >= 15 is 0 Å². The van der Waals surface area contributed by atoms with Crippen molar-refractivity contribution >= 4 is 23.0 Å². The van der Waals surface area contributed by atoms with Gasteiger partial charge in [-0.15, -0.1) is 0 Å². The van der Waals surface area contributed by atoms with Crippen LogP contribution >= 0.6 is 0 Å². The van der Waals surface area contributed by atoms with Gasteiger partial charge >= 0.3 is 0 Å². The first-order valence-corrected chi connectivity index (χ1v) is 12.6. The van der Waals surface area contributed by atoms with Gasteiger partial charge in [-0.1, -0.05) is 13.8 Å². The molecule has 0 saturated carbocycles. The molecule has 0 saturated heterocycles. The lowest BCUT2D eigenvalue weighted by atomic mass is 10.1. The summed E-state index contributed by atoms with van der Waals surface area (Å²) in [6.45, 7) is 12.4. The van der Waals surface area contributed by atoms with Gasteiger partial charge in [0.25, 0.3) is 0 Å². The molecule has 7 nitrogen and oxygen atoms in total. The van der Waals surface area contributed by atoms with Crippen LogP contribution in [0.4, 0.5) is 36.2 Å². The number of aromatic nitrogens is 2. The molecular weight excluding hydrogens is 481 g/mol. The Morgan fingerprint density at radius 1 is 1.05 bits per heavy atom. The number of halogens is 3. The van der Waals surface area contributed by atoms with Crippen LogP contribution in [0, 0.1) is 17.5 Å². The number of ether oxygens (including phenoxy) is 1. The van der Waals surface area contributed by atoms with Crippen molar-refractivity contribution in [2.24, 2.45) is 0 Å². The highest BCUT2D eigenvalue weighted by atomic mass is 19.1. The molecule has 1 aliphatic heterocycles. The third kappa shape index (κ3) is 6.07. The summed E-state index contributed by atoms with van der Waals surface area (Å²) in [5.41, 5.74) is 1.54. The third-order valence-corrected chi connectivity index (χ3v) is 6.42. The van der Waals surface area contributed by atoms with Crippen molar-refractivity contribution in [2.45, 2.75) is 33.7 Å². The van der Waals surface area contributed by atoms with Crippen molar-refractivity contribution in [1.29, 1.82) is 0 Å². The van der Waals surface area contributed by atoms with E-state index in [0.29, 0.717) is 36.8 Å². The molecule has 0 aliphatic carbocycles. The molecule has 2 N–H and O–H groups in total. The summed E-state index contributed by atoms with van der Waals surface area (Å²) < 4.78 is 49.9. The summed E-state index contributed by atoms with van der Waals surface area (Å²) in [6.07, 6.45) is 1.01. The zero-order chi connectivity index (χ0) is 26.5. The number of fused-ring (bicyclic) bond motifs is 1. The summed E-state index contributed by atoms with van der Waals surface area (Å²) >= 11 is 0. The van der Waals surface area contributed by atoms with Crippen LogP contribution in [-0.2, 0) is 0 Å². The molecule has 0 radical (unpaired) electrons. The Kier molecular flexibility index (Phi) is 8.38. The smallest absolute Gasteiger partial charge is 0.227 e. The molecule has 198 valence electrons. The van der Waals surface area contributed by atoms with Crippen molar-refractivity contribution in [1.82, 2.24) is 14.9 Å². The standard InChI is InChI=1S/C27H33F3N6O/c1-5-35(6-2)10-9-31-23-8-7-19(15-20(23)28)33-27-32-16-22(30)25(34-27)18-13-21(29)26-24(14-18)36(17(3)4)11-12-37-26/h7-8,13-17,31H,5-6,9-12H2,1-4H3,(H,32,33,34). The van der Waals surface area contributed by atoms with Crippen LogP contribution in [0.25, 0.3) is 11.3 Å². The van der Waals surface area contributed by atoms with Gasteiger partial charge in [-0.25, -0.2) is 23.1 Å². The van der Waals surface area contributed by atoms with Crippen molar-refractivity contribution in [2.75, 3.05) is 54.9 Å². The van der Waals surface area contributed by atoms with Gasteiger partial charge in [0.1, 0.15) is 18.1 Å². The highest BCUT2D eigenvalue weighted by Crippen LogP contribution is 2.39. The molecule has 10 heteroatoms. The fourth-order valence-electron chi connectivity index (χ4n) is 4.36. The first-order valence-electron chi connectivity index (χ1n) is 12.6. The average Bonchev–Trinajstić information content (AvgIpc) is 2.88. The van der Waals surface area contributed by atoms with E-state index < -0.39 is 17.5 Å². The van der Waals surface area contributed by atoms with E-state index in [0.717, 1.165) is 25.8 Å². The minimum absolute atomic E-state index is 0.0631. The van der Waals surface area contributed by atoms with Crippen LogP contribution in [-0.4, -0.2) is 60.2 Å². The second-order valence-electron chi connectivity index (χ2n) is 9.11. The highest BCUT2D eigenvalue weighted by Gasteiger charge is 2.25. The Morgan fingerprint density at radius 2 is 1.84 bits per heavy atom. The number of benzene rings is 2. The summed E-state index contributed by atoms with van der Waals surface area (Å²) in [5.74, 6) is -1.50. The second-order valence-corrected chi connectivity index (χ2v) is 9.11. The summed E-state index contributed by atoms with van der Waals surface area (Å²) in [7, 11) is 0. The number of nitrogens with zero attached hydrogens (tertiary/aromatic N) is 4. The molecule has 1 aromatic heterocycles. The average molecular weight is 515 g/mol. The quantitative estimate of drug-likeness (QED) is 0.362. The van der Waals surface area contributed by atoms with E-state index in [9.17, 15) is 13.2 Å². The van der Waals surface area contributed by atoms with Crippen molar-refractivity contribution < 1.29 is 17.9 Å². The Bertz CT molecular complexity index is 1240. The van der Waals surface area contributed by atoms with E-state index in [1.165, 1.54) is 12.1 Å². The number of likely N-dealkylation sites (N-methyl/N-ethyl adjacent to an activating group) is 1. The van der Waals surface area contributed by atoms with Gasteiger partial charge in [-0.3, -0.25) is 0 Å². The number of rotatable bonds is 10. The van der Waals surface area contributed by atoms with Gasteiger partial charge in [0, 0.05) is 30.4 Å². The molecule has 0 amide bonds. The third-order valence-electron chi connectivity index (χ3n) is 6.42. The van der Waals surface area contributed by atoms with Crippen LogP contribution in [0.5, 0.6) is 5.75 Å². The molecule has 0 unspecified atom stereocenters. The second kappa shape index (κ2) is 11.7. The molecule has 0 bridgehead atoms. The van der Waals surface area contributed by atoms with Crippen molar-refractivity contribution in [3.63, 3.8) is 0 Å². The van der Waals surface area contributed by atoms with Crippen LogP contribution < -0.4 is 20.3 Å². The normalized spacial score (nSPS) is 13.1. The Hall–Kier alpha value is -3.53. The molecule has 2 heterocycles. The van der Waals surface area contributed by atoms with Gasteiger partial charge in [-0.05, 0) is 57.3 Å². The maximum atomic E-state index is 14.9. The SMILES string of the molecule is CCN(CC)CCNc1ccc(Nc2ncc(F)c(-c3cc(F)c4c(c3)N(C(C)C)CCO4)n2)cc1F. The van der Waals surface area contributed by atoms with Crippen LogP contribution in [0.1, 0.15) is 27.7 Å². The lowest BCUT2D eigenvalue weighted by molar-refractivity contribution is 0.287. The zero-order valence-corrected chi connectivity index (χ0v) is 21.6. The van der Waals surface area contributed by atoms with Gasteiger partial charge in [0.05, 0.1) is 24.1 Å². The summed E-state index contributed by atoms with van der Waals surface area (Å²) in [5, 5.41) is 6.02. The number of nitrogens with one attached hydrogen (secondary N) is 2. The molecule has 1 aliphatic rings. The number of anilines is 4. The number of hydrogen-bond donors (Lipinski definition) is 2. The Morgan fingerprint density at radius 3 is 2.54 bits per heavy atom. The summed E-state index contributed by atoms with van der Waals surface area (Å²) in [4.78, 5) is 12.5. The minimum Gasteiger partial charge on any atom is -0.486 e. The van der Waals surface area contributed by atoms with Crippen molar-refractivity contribution in [3.8, 4) is 17.0 Å². The Labute approximate surface area is 215 Å². The number of hydrogen-bond acceptors (Lipinski definition) is 7. The van der Waals surface area contributed by atoms with E-state index in [1.807, 2.05) is 18.7 Å². The predicted molar refractivity (Wildman–Crippen MR) is 141 cm³/mol. The molecule has 4 rings (SSSR count). The lowest BCUT2D eigenvalue weighted by Gasteiger charge is -2.34. The molecule has 0 atom stereocenters. The minimum atomic E-state index is -0.698. The monoisotopic (exact) mass is 514 g/mol. The topological polar surface area (TPSA) is 65.5 Å². The van der Waals surface area contributed by atoms with Gasteiger partial charge < -0.3 is 25.2 Å². The van der Waals surface area contributed by atoms with Gasteiger partial charge in [0.2, 0.25) is 5.95 Å². The molecule has 0 fully saturated rings.